The van der Waals surface area contributed by atoms with Crippen LogP contribution in [-0.4, -0.2) is 12.0 Å². The fraction of sp³-hybridized carbons (Fsp3) is 0.154. The molecule has 1 aromatic carbocycles. The third-order valence-electron chi connectivity index (χ3n) is 2.17. The predicted molar refractivity (Wildman–Crippen MR) is 63.5 cm³/mol. The molecule has 1 aromatic heterocycles. The van der Waals surface area contributed by atoms with Gasteiger partial charge in [0.2, 0.25) is 0 Å². The van der Waals surface area contributed by atoms with E-state index < -0.39 is 0 Å². The van der Waals surface area contributed by atoms with Gasteiger partial charge in [0, 0.05) is 12.7 Å². The zero-order valence-corrected chi connectivity index (χ0v) is 9.18. The Bertz CT molecular complexity index is 425. The monoisotopic (exact) mass is 214 g/mol. The van der Waals surface area contributed by atoms with Crippen LogP contribution >= 0.6 is 0 Å². The van der Waals surface area contributed by atoms with Crippen LogP contribution in [0.4, 0.5) is 0 Å². The summed E-state index contributed by atoms with van der Waals surface area (Å²) in [5.41, 5.74) is 1.24. The number of ether oxygens (including phenoxy) is 1. The Morgan fingerprint density at radius 3 is 2.56 bits per heavy atom. The average Bonchev–Trinajstić information content (AvgIpc) is 2.33. The molecule has 16 heavy (non-hydrogen) atoms. The van der Waals surface area contributed by atoms with Crippen LogP contribution < -0.4 is 10.1 Å². The Morgan fingerprint density at radius 1 is 1.12 bits per heavy atom. The van der Waals surface area contributed by atoms with Gasteiger partial charge >= 0.3 is 0 Å². The summed E-state index contributed by atoms with van der Waals surface area (Å²) in [6.45, 7) is 0.868. The van der Waals surface area contributed by atoms with E-state index in [1.165, 1.54) is 5.56 Å². The first-order chi connectivity index (χ1) is 7.88. The summed E-state index contributed by atoms with van der Waals surface area (Å²) >= 11 is 0. The van der Waals surface area contributed by atoms with Gasteiger partial charge in [-0.15, -0.1) is 0 Å². The van der Waals surface area contributed by atoms with E-state index in [9.17, 15) is 0 Å². The van der Waals surface area contributed by atoms with E-state index in [1.54, 1.807) is 12.4 Å². The highest BCUT2D eigenvalue weighted by atomic mass is 16.5. The molecule has 0 aliphatic heterocycles. The smallest absolute Gasteiger partial charge is 0.145 e. The van der Waals surface area contributed by atoms with Crippen molar-refractivity contribution in [3.63, 3.8) is 0 Å². The first-order valence-electron chi connectivity index (χ1n) is 5.20. The molecule has 0 fully saturated rings. The van der Waals surface area contributed by atoms with Crippen molar-refractivity contribution < 1.29 is 4.74 Å². The van der Waals surface area contributed by atoms with Crippen molar-refractivity contribution in [3.8, 4) is 11.5 Å². The molecule has 1 heterocycles. The van der Waals surface area contributed by atoms with Gasteiger partial charge in [-0.1, -0.05) is 12.1 Å². The lowest BCUT2D eigenvalue weighted by Crippen LogP contribution is -2.04. The summed E-state index contributed by atoms with van der Waals surface area (Å²) in [4.78, 5) is 3.99. The van der Waals surface area contributed by atoms with E-state index in [4.69, 9.17) is 4.74 Å². The van der Waals surface area contributed by atoms with Crippen molar-refractivity contribution >= 4 is 0 Å². The number of nitrogens with zero attached hydrogens (tertiary/aromatic N) is 1. The largest absolute Gasteiger partial charge is 0.456 e. The van der Waals surface area contributed by atoms with E-state index in [0.29, 0.717) is 0 Å². The molecule has 82 valence electrons. The highest BCUT2D eigenvalue weighted by Crippen LogP contribution is 2.20. The maximum absolute atomic E-state index is 5.63. The number of aromatic nitrogens is 1. The minimum atomic E-state index is 0.754. The minimum absolute atomic E-state index is 0.754. The molecule has 0 aliphatic rings. The van der Waals surface area contributed by atoms with Crippen LogP contribution in [0.2, 0.25) is 0 Å². The Kier molecular flexibility index (Phi) is 3.51. The molecule has 3 heteroatoms. The van der Waals surface area contributed by atoms with Crippen molar-refractivity contribution in [2.75, 3.05) is 7.05 Å². The molecular formula is C13H14N2O. The second-order valence-corrected chi connectivity index (χ2v) is 3.47. The molecule has 0 amide bonds. The van der Waals surface area contributed by atoms with Gasteiger partial charge in [0.15, 0.2) is 0 Å². The molecule has 1 N–H and O–H groups in total. The molecule has 0 saturated heterocycles. The zero-order chi connectivity index (χ0) is 11.2. The summed E-state index contributed by atoms with van der Waals surface area (Å²) in [6, 6.07) is 11.7. The Morgan fingerprint density at radius 2 is 1.94 bits per heavy atom. The van der Waals surface area contributed by atoms with Crippen molar-refractivity contribution in [1.82, 2.24) is 10.3 Å². The Labute approximate surface area is 95.1 Å². The maximum Gasteiger partial charge on any atom is 0.145 e. The summed E-state index contributed by atoms with van der Waals surface area (Å²) in [5.74, 6) is 1.58. The second-order valence-electron chi connectivity index (χ2n) is 3.47. The molecule has 3 nitrogen and oxygen atoms in total. The van der Waals surface area contributed by atoms with E-state index in [0.717, 1.165) is 18.0 Å². The molecule has 0 saturated carbocycles. The number of hydrogen-bond acceptors (Lipinski definition) is 3. The minimum Gasteiger partial charge on any atom is -0.456 e. The second kappa shape index (κ2) is 5.28. The van der Waals surface area contributed by atoms with Crippen LogP contribution in [0.1, 0.15) is 5.56 Å². The van der Waals surface area contributed by atoms with Crippen molar-refractivity contribution in [3.05, 3.63) is 54.4 Å². The van der Waals surface area contributed by atoms with E-state index >= 15 is 0 Å². The topological polar surface area (TPSA) is 34.1 Å². The van der Waals surface area contributed by atoms with Crippen LogP contribution in [0.3, 0.4) is 0 Å². The predicted octanol–water partition coefficient (Wildman–Crippen LogP) is 2.59. The highest BCUT2D eigenvalue weighted by molar-refractivity contribution is 5.31. The first kappa shape index (κ1) is 10.6. The standard InChI is InChI=1S/C13H14N2O/c1-14-9-11-4-6-12(7-5-11)16-13-3-2-8-15-10-13/h2-8,10,14H,9H2,1H3. The SMILES string of the molecule is CNCc1ccc(Oc2cccnc2)cc1. The van der Waals surface area contributed by atoms with Gasteiger partial charge in [-0.05, 0) is 36.9 Å². The van der Waals surface area contributed by atoms with Gasteiger partial charge < -0.3 is 10.1 Å². The maximum atomic E-state index is 5.63. The number of nitrogens with one attached hydrogen (secondary N) is 1. The summed E-state index contributed by atoms with van der Waals surface area (Å²) in [5, 5.41) is 3.10. The van der Waals surface area contributed by atoms with E-state index in [2.05, 4.69) is 10.3 Å². The van der Waals surface area contributed by atoms with Gasteiger partial charge in [-0.2, -0.15) is 0 Å². The molecule has 0 spiro atoms. The molecule has 2 rings (SSSR count). The fourth-order valence-corrected chi connectivity index (χ4v) is 1.42. The van der Waals surface area contributed by atoms with E-state index in [-0.39, 0.29) is 0 Å². The number of rotatable bonds is 4. The van der Waals surface area contributed by atoms with Gasteiger partial charge in [-0.25, -0.2) is 0 Å². The molecular weight excluding hydrogens is 200 g/mol. The lowest BCUT2D eigenvalue weighted by atomic mass is 10.2. The number of hydrogen-bond donors (Lipinski definition) is 1. The third-order valence-corrected chi connectivity index (χ3v) is 2.17. The highest BCUT2D eigenvalue weighted by Gasteiger charge is 1.96. The van der Waals surface area contributed by atoms with Crippen molar-refractivity contribution in [1.29, 1.82) is 0 Å². The summed E-state index contributed by atoms with van der Waals surface area (Å²) in [7, 11) is 1.93. The lowest BCUT2D eigenvalue weighted by Gasteiger charge is -2.05. The van der Waals surface area contributed by atoms with Gasteiger partial charge in [0.1, 0.15) is 11.5 Å². The van der Waals surface area contributed by atoms with Crippen LogP contribution in [-0.2, 0) is 6.54 Å². The van der Waals surface area contributed by atoms with Crippen LogP contribution in [0.15, 0.2) is 48.8 Å². The zero-order valence-electron chi connectivity index (χ0n) is 9.18. The van der Waals surface area contributed by atoms with Crippen molar-refractivity contribution in [2.24, 2.45) is 0 Å². The number of benzene rings is 1. The molecule has 0 radical (unpaired) electrons. The first-order valence-corrected chi connectivity index (χ1v) is 5.20. The molecule has 2 aromatic rings. The van der Waals surface area contributed by atoms with Gasteiger partial charge in [0.05, 0.1) is 6.20 Å². The fourth-order valence-electron chi connectivity index (χ4n) is 1.42. The quantitative estimate of drug-likeness (QED) is 0.849. The van der Waals surface area contributed by atoms with Gasteiger partial charge in [0.25, 0.3) is 0 Å². The average molecular weight is 214 g/mol. The number of pyridine rings is 1. The normalized spacial score (nSPS) is 10.1. The van der Waals surface area contributed by atoms with Crippen LogP contribution in [0, 0.1) is 0 Å². The van der Waals surface area contributed by atoms with Crippen LogP contribution in [0.5, 0.6) is 11.5 Å². The van der Waals surface area contributed by atoms with Crippen LogP contribution in [0.25, 0.3) is 0 Å². The molecule has 0 bridgehead atoms. The van der Waals surface area contributed by atoms with Crippen molar-refractivity contribution in [2.45, 2.75) is 6.54 Å². The lowest BCUT2D eigenvalue weighted by molar-refractivity contribution is 0.480. The Hall–Kier alpha value is -1.87. The van der Waals surface area contributed by atoms with E-state index in [1.807, 2.05) is 43.4 Å². The molecule has 0 atom stereocenters. The molecule has 0 unspecified atom stereocenters. The van der Waals surface area contributed by atoms with Gasteiger partial charge in [-0.3, -0.25) is 4.98 Å². The molecule has 0 aliphatic carbocycles. The Balaban J connectivity index is 2.05. The summed E-state index contributed by atoms with van der Waals surface area (Å²) in [6.07, 6.45) is 3.42. The third kappa shape index (κ3) is 2.81. The summed E-state index contributed by atoms with van der Waals surface area (Å²) < 4.78 is 5.63.